The van der Waals surface area contributed by atoms with E-state index in [0.29, 0.717) is 13.0 Å². The zero-order chi connectivity index (χ0) is 14.4. The number of carbonyl (C=O) groups is 2. The number of nitro groups is 1. The van der Waals surface area contributed by atoms with Crippen molar-refractivity contribution in [2.75, 3.05) is 13.7 Å². The minimum Gasteiger partial charge on any atom is -0.469 e. The fraction of sp³-hybridized carbons (Fsp3) is 0.455. The van der Waals surface area contributed by atoms with Gasteiger partial charge in [0.2, 0.25) is 0 Å². The molecule has 0 bridgehead atoms. The first-order chi connectivity index (χ1) is 8.95. The number of methoxy groups -OCH3 is 1. The Hall–Kier alpha value is -2.38. The molecule has 1 aromatic rings. The fourth-order valence-corrected chi connectivity index (χ4v) is 1.50. The third kappa shape index (κ3) is 4.09. The van der Waals surface area contributed by atoms with Crippen LogP contribution in [0.1, 0.15) is 23.3 Å². The van der Waals surface area contributed by atoms with Gasteiger partial charge < -0.3 is 14.6 Å². The van der Waals surface area contributed by atoms with Crippen LogP contribution in [0.4, 0.5) is 5.69 Å². The van der Waals surface area contributed by atoms with Crippen molar-refractivity contribution in [3.05, 3.63) is 28.1 Å². The van der Waals surface area contributed by atoms with Crippen molar-refractivity contribution in [2.24, 2.45) is 7.05 Å². The Morgan fingerprint density at radius 3 is 2.74 bits per heavy atom. The predicted octanol–water partition coefficient (Wildman–Crippen LogP) is 0.616. The highest BCUT2D eigenvalue weighted by Crippen LogP contribution is 2.14. The van der Waals surface area contributed by atoms with E-state index in [1.54, 1.807) is 7.05 Å². The summed E-state index contributed by atoms with van der Waals surface area (Å²) < 4.78 is 5.84. The summed E-state index contributed by atoms with van der Waals surface area (Å²) in [6.45, 7) is 0.299. The number of carbonyl (C=O) groups excluding carboxylic acids is 2. The molecule has 1 rings (SSSR count). The third-order valence-electron chi connectivity index (χ3n) is 2.50. The van der Waals surface area contributed by atoms with Crippen LogP contribution >= 0.6 is 0 Å². The van der Waals surface area contributed by atoms with Crippen molar-refractivity contribution in [1.29, 1.82) is 0 Å². The molecule has 1 N–H and O–H groups in total. The van der Waals surface area contributed by atoms with E-state index < -0.39 is 10.8 Å². The van der Waals surface area contributed by atoms with Crippen LogP contribution in [0, 0.1) is 10.1 Å². The smallest absolute Gasteiger partial charge is 0.305 e. The first-order valence-corrected chi connectivity index (χ1v) is 5.61. The molecule has 8 heteroatoms. The van der Waals surface area contributed by atoms with Crippen LogP contribution in [0.3, 0.4) is 0 Å². The quantitative estimate of drug-likeness (QED) is 0.353. The molecule has 0 radical (unpaired) electrons. The van der Waals surface area contributed by atoms with Crippen molar-refractivity contribution in [2.45, 2.75) is 12.8 Å². The van der Waals surface area contributed by atoms with E-state index in [0.717, 1.165) is 0 Å². The van der Waals surface area contributed by atoms with Gasteiger partial charge >= 0.3 is 5.97 Å². The molecule has 0 saturated heterocycles. The number of hydrogen-bond acceptors (Lipinski definition) is 5. The van der Waals surface area contributed by atoms with Crippen molar-refractivity contribution in [1.82, 2.24) is 9.88 Å². The molecule has 104 valence electrons. The van der Waals surface area contributed by atoms with Crippen LogP contribution in [0.5, 0.6) is 0 Å². The molecule has 1 aromatic heterocycles. The Balaban J connectivity index is 2.50. The van der Waals surface area contributed by atoms with E-state index in [1.165, 1.54) is 23.9 Å². The van der Waals surface area contributed by atoms with Gasteiger partial charge in [0.1, 0.15) is 5.69 Å². The van der Waals surface area contributed by atoms with Crippen molar-refractivity contribution in [3.63, 3.8) is 0 Å². The summed E-state index contributed by atoms with van der Waals surface area (Å²) in [5.74, 6) is -0.760. The van der Waals surface area contributed by atoms with Crippen LogP contribution in [-0.2, 0) is 16.6 Å². The largest absolute Gasteiger partial charge is 0.469 e. The number of hydrogen-bond donors (Lipinski definition) is 1. The summed E-state index contributed by atoms with van der Waals surface area (Å²) in [5.41, 5.74) is 0.0620. The number of aryl methyl sites for hydroxylation is 1. The van der Waals surface area contributed by atoms with Gasteiger partial charge in [-0.15, -0.1) is 0 Å². The molecule has 0 aliphatic heterocycles. The number of rotatable bonds is 6. The van der Waals surface area contributed by atoms with Gasteiger partial charge in [0, 0.05) is 26.1 Å². The summed E-state index contributed by atoms with van der Waals surface area (Å²) in [6.07, 6.45) is 1.93. The lowest BCUT2D eigenvalue weighted by Crippen LogP contribution is -2.26. The SMILES string of the molecule is COC(=O)CCCNC(=O)c1cc([N+](=O)[O-])cn1C. The number of nitrogens with one attached hydrogen (secondary N) is 1. The lowest BCUT2D eigenvalue weighted by Gasteiger charge is -2.04. The molecule has 0 aromatic carbocycles. The maximum atomic E-state index is 11.7. The Kier molecular flexibility index (Phi) is 5.04. The van der Waals surface area contributed by atoms with Crippen LogP contribution in [-0.4, -0.2) is 35.0 Å². The molecular weight excluding hydrogens is 254 g/mol. The molecule has 19 heavy (non-hydrogen) atoms. The van der Waals surface area contributed by atoms with Crippen LogP contribution in [0.25, 0.3) is 0 Å². The highest BCUT2D eigenvalue weighted by atomic mass is 16.6. The summed E-state index contributed by atoms with van der Waals surface area (Å²) in [5, 5.41) is 13.1. The Labute approximate surface area is 109 Å². The molecule has 0 fully saturated rings. The first-order valence-electron chi connectivity index (χ1n) is 5.61. The van der Waals surface area contributed by atoms with Gasteiger partial charge in [-0.1, -0.05) is 0 Å². The van der Waals surface area contributed by atoms with Crippen molar-refractivity contribution >= 4 is 17.6 Å². The van der Waals surface area contributed by atoms with Crippen LogP contribution in [0.15, 0.2) is 12.3 Å². The van der Waals surface area contributed by atoms with Crippen LogP contribution in [0.2, 0.25) is 0 Å². The van der Waals surface area contributed by atoms with Crippen molar-refractivity contribution in [3.8, 4) is 0 Å². The third-order valence-corrected chi connectivity index (χ3v) is 2.50. The summed E-state index contributed by atoms with van der Waals surface area (Å²) >= 11 is 0. The average Bonchev–Trinajstić information content (AvgIpc) is 2.76. The fourth-order valence-electron chi connectivity index (χ4n) is 1.50. The standard InChI is InChI=1S/C11H15N3O5/c1-13-7-8(14(17)18)6-9(13)11(16)12-5-3-4-10(15)19-2/h6-7H,3-5H2,1-2H3,(H,12,16). The molecule has 1 heterocycles. The van der Waals surface area contributed by atoms with Gasteiger partial charge in [0.15, 0.2) is 0 Å². The molecule has 1 amide bonds. The number of amides is 1. The molecule has 0 spiro atoms. The zero-order valence-electron chi connectivity index (χ0n) is 10.7. The molecule has 0 aliphatic rings. The van der Waals surface area contributed by atoms with Gasteiger partial charge in [-0.25, -0.2) is 0 Å². The number of nitrogens with zero attached hydrogens (tertiary/aromatic N) is 2. The van der Waals surface area contributed by atoms with E-state index in [2.05, 4.69) is 10.1 Å². The zero-order valence-corrected chi connectivity index (χ0v) is 10.7. The van der Waals surface area contributed by atoms with Gasteiger partial charge in [-0.05, 0) is 6.42 Å². The Bertz CT molecular complexity index is 495. The van der Waals surface area contributed by atoms with E-state index >= 15 is 0 Å². The second-order valence-corrected chi connectivity index (χ2v) is 3.89. The van der Waals surface area contributed by atoms with Gasteiger partial charge in [0.05, 0.1) is 18.2 Å². The maximum absolute atomic E-state index is 11.7. The second-order valence-electron chi connectivity index (χ2n) is 3.89. The Morgan fingerprint density at radius 2 is 2.21 bits per heavy atom. The molecule has 0 atom stereocenters. The van der Waals surface area contributed by atoms with E-state index in [-0.39, 0.29) is 23.8 Å². The van der Waals surface area contributed by atoms with Gasteiger partial charge in [-0.3, -0.25) is 19.7 Å². The van der Waals surface area contributed by atoms with E-state index in [9.17, 15) is 19.7 Å². The van der Waals surface area contributed by atoms with Gasteiger partial charge in [-0.2, -0.15) is 0 Å². The number of esters is 1. The Morgan fingerprint density at radius 1 is 1.53 bits per heavy atom. The summed E-state index contributed by atoms with van der Waals surface area (Å²) in [6, 6.07) is 1.20. The molecule has 0 aliphatic carbocycles. The lowest BCUT2D eigenvalue weighted by molar-refractivity contribution is -0.384. The van der Waals surface area contributed by atoms with Gasteiger partial charge in [0.25, 0.3) is 11.6 Å². The topological polar surface area (TPSA) is 103 Å². The van der Waals surface area contributed by atoms with E-state index in [1.807, 2.05) is 0 Å². The number of aromatic nitrogens is 1. The van der Waals surface area contributed by atoms with Crippen molar-refractivity contribution < 1.29 is 19.2 Å². The average molecular weight is 269 g/mol. The van der Waals surface area contributed by atoms with E-state index in [4.69, 9.17) is 0 Å². The first kappa shape index (κ1) is 14.7. The summed E-state index contributed by atoms with van der Waals surface area (Å²) in [7, 11) is 2.85. The molecule has 0 unspecified atom stereocenters. The molecule has 0 saturated carbocycles. The summed E-state index contributed by atoms with van der Waals surface area (Å²) in [4.78, 5) is 32.6. The highest BCUT2D eigenvalue weighted by Gasteiger charge is 2.17. The predicted molar refractivity (Wildman–Crippen MR) is 65.7 cm³/mol. The molecule has 8 nitrogen and oxygen atoms in total. The monoisotopic (exact) mass is 269 g/mol. The second kappa shape index (κ2) is 6.53. The minimum absolute atomic E-state index is 0.137. The lowest BCUT2D eigenvalue weighted by atomic mass is 10.3. The maximum Gasteiger partial charge on any atom is 0.305 e. The number of ether oxygens (including phenoxy) is 1. The molecular formula is C11H15N3O5. The van der Waals surface area contributed by atoms with Crippen LogP contribution < -0.4 is 5.32 Å². The minimum atomic E-state index is -0.561. The highest BCUT2D eigenvalue weighted by molar-refractivity contribution is 5.93. The normalized spacial score (nSPS) is 10.0.